The second-order valence-electron chi connectivity index (χ2n) is 4.17. The van der Waals surface area contributed by atoms with Crippen LogP contribution in [0.5, 0.6) is 0 Å². The summed E-state index contributed by atoms with van der Waals surface area (Å²) in [7, 11) is -3.90. The summed E-state index contributed by atoms with van der Waals surface area (Å²) in [6, 6.07) is 2.76. The number of hydrogen-bond donors (Lipinski definition) is 1. The van der Waals surface area contributed by atoms with Crippen molar-refractivity contribution in [3.05, 3.63) is 16.5 Å². The van der Waals surface area contributed by atoms with Crippen molar-refractivity contribution in [1.29, 1.82) is 0 Å². The van der Waals surface area contributed by atoms with E-state index in [1.54, 1.807) is 25.5 Å². The molecule has 0 aliphatic heterocycles. The third-order valence-corrected chi connectivity index (χ3v) is 4.47. The van der Waals surface area contributed by atoms with Crippen molar-refractivity contribution in [2.75, 3.05) is 0 Å². The van der Waals surface area contributed by atoms with Crippen LogP contribution in [0, 0.1) is 0 Å². The third-order valence-electron chi connectivity index (χ3n) is 1.43. The maximum absolute atomic E-state index is 11.7. The topological polar surface area (TPSA) is 72.5 Å². The minimum atomic E-state index is -3.90. The largest absolute Gasteiger partial charge is 0.443 e. The normalized spacial score (nSPS) is 12.2. The quantitative estimate of drug-likeness (QED) is 0.911. The third kappa shape index (κ3) is 4.53. The average molecular weight is 298 g/mol. The maximum atomic E-state index is 11.7. The Balaban J connectivity index is 2.78. The molecule has 1 aromatic rings. The van der Waals surface area contributed by atoms with Crippen molar-refractivity contribution in [2.24, 2.45) is 0 Å². The number of carbonyl (C=O) groups is 1. The van der Waals surface area contributed by atoms with Gasteiger partial charge in [-0.2, -0.15) is 0 Å². The van der Waals surface area contributed by atoms with Crippen molar-refractivity contribution in [3.8, 4) is 0 Å². The summed E-state index contributed by atoms with van der Waals surface area (Å²) in [6.07, 6.45) is -1.01. The number of carbonyl (C=O) groups excluding carboxylic acids is 1. The SMILES string of the molecule is CC(C)(C)OC(=O)NS(=O)(=O)c1ccc(Cl)s1. The maximum Gasteiger partial charge on any atom is 0.421 e. The Morgan fingerprint density at radius 1 is 1.41 bits per heavy atom. The molecular formula is C9H12ClNO4S2. The zero-order valence-corrected chi connectivity index (χ0v) is 11.9. The van der Waals surface area contributed by atoms with Gasteiger partial charge in [-0.1, -0.05) is 11.6 Å². The predicted octanol–water partition coefficient (Wildman–Crippen LogP) is 2.61. The number of ether oxygens (including phenoxy) is 1. The van der Waals surface area contributed by atoms with Gasteiger partial charge in [-0.3, -0.25) is 0 Å². The van der Waals surface area contributed by atoms with Crippen molar-refractivity contribution in [1.82, 2.24) is 4.72 Å². The Morgan fingerprint density at radius 3 is 2.41 bits per heavy atom. The summed E-state index contributed by atoms with van der Waals surface area (Å²) in [4.78, 5) is 11.3. The number of rotatable bonds is 2. The van der Waals surface area contributed by atoms with E-state index >= 15 is 0 Å². The highest BCUT2D eigenvalue weighted by Crippen LogP contribution is 2.25. The van der Waals surface area contributed by atoms with Gasteiger partial charge in [0.15, 0.2) is 0 Å². The summed E-state index contributed by atoms with van der Waals surface area (Å²) in [6.45, 7) is 4.92. The molecule has 0 aliphatic rings. The zero-order chi connectivity index (χ0) is 13.3. The molecule has 0 saturated heterocycles. The molecule has 0 unspecified atom stereocenters. The summed E-state index contributed by atoms with van der Waals surface area (Å²) < 4.78 is 30.3. The smallest absolute Gasteiger partial charge is 0.421 e. The predicted molar refractivity (Wildman–Crippen MR) is 65.9 cm³/mol. The summed E-state index contributed by atoms with van der Waals surface area (Å²) in [5.41, 5.74) is -0.757. The fraction of sp³-hybridized carbons (Fsp3) is 0.444. The summed E-state index contributed by atoms with van der Waals surface area (Å²) in [5, 5.41) is 0. The number of nitrogens with one attached hydrogen (secondary N) is 1. The molecule has 96 valence electrons. The molecule has 0 radical (unpaired) electrons. The van der Waals surface area contributed by atoms with Crippen LogP contribution in [0.2, 0.25) is 4.34 Å². The van der Waals surface area contributed by atoms with Crippen LogP contribution in [0.1, 0.15) is 20.8 Å². The van der Waals surface area contributed by atoms with Crippen LogP contribution in [0.25, 0.3) is 0 Å². The van der Waals surface area contributed by atoms with E-state index in [4.69, 9.17) is 16.3 Å². The van der Waals surface area contributed by atoms with Crippen LogP contribution in [0.4, 0.5) is 4.79 Å². The highest BCUT2D eigenvalue weighted by molar-refractivity contribution is 7.92. The number of hydrogen-bond acceptors (Lipinski definition) is 5. The van der Waals surface area contributed by atoms with E-state index in [9.17, 15) is 13.2 Å². The molecule has 0 aromatic carbocycles. The van der Waals surface area contributed by atoms with Crippen molar-refractivity contribution in [2.45, 2.75) is 30.6 Å². The first-order valence-corrected chi connectivity index (χ1v) is 7.29. The van der Waals surface area contributed by atoms with Crippen molar-refractivity contribution >= 4 is 39.1 Å². The van der Waals surface area contributed by atoms with E-state index in [1.807, 2.05) is 0 Å². The van der Waals surface area contributed by atoms with Crippen LogP contribution in [0.3, 0.4) is 0 Å². The van der Waals surface area contributed by atoms with Crippen LogP contribution in [-0.4, -0.2) is 20.1 Å². The van der Waals surface area contributed by atoms with Crippen molar-refractivity contribution < 1.29 is 17.9 Å². The molecule has 0 saturated carbocycles. The molecule has 1 heterocycles. The van der Waals surface area contributed by atoms with E-state index in [-0.39, 0.29) is 4.21 Å². The van der Waals surface area contributed by atoms with Gasteiger partial charge in [-0.25, -0.2) is 17.9 Å². The van der Waals surface area contributed by atoms with Crippen LogP contribution in [0.15, 0.2) is 16.3 Å². The lowest BCUT2D eigenvalue weighted by atomic mass is 10.2. The van der Waals surface area contributed by atoms with E-state index < -0.39 is 21.7 Å². The van der Waals surface area contributed by atoms with Gasteiger partial charge in [-0.05, 0) is 32.9 Å². The molecule has 17 heavy (non-hydrogen) atoms. The first-order chi connectivity index (χ1) is 7.60. The molecule has 0 spiro atoms. The van der Waals surface area contributed by atoms with Crippen LogP contribution in [-0.2, 0) is 14.8 Å². The molecule has 0 aliphatic carbocycles. The molecule has 1 amide bonds. The Morgan fingerprint density at radius 2 is 2.00 bits per heavy atom. The van der Waals surface area contributed by atoms with Gasteiger partial charge in [-0.15, -0.1) is 11.3 Å². The zero-order valence-electron chi connectivity index (χ0n) is 9.48. The fourth-order valence-electron chi connectivity index (χ4n) is 0.901. The molecule has 1 aromatic heterocycles. The Bertz CT molecular complexity index is 515. The van der Waals surface area contributed by atoms with Gasteiger partial charge in [0, 0.05) is 0 Å². The van der Waals surface area contributed by atoms with E-state index in [0.717, 1.165) is 11.3 Å². The van der Waals surface area contributed by atoms with E-state index in [1.165, 1.54) is 12.1 Å². The highest BCUT2D eigenvalue weighted by atomic mass is 35.5. The molecule has 5 nitrogen and oxygen atoms in total. The van der Waals surface area contributed by atoms with E-state index in [2.05, 4.69) is 0 Å². The van der Waals surface area contributed by atoms with Gasteiger partial charge in [0.1, 0.15) is 9.81 Å². The molecule has 1 N–H and O–H groups in total. The molecule has 8 heteroatoms. The second kappa shape index (κ2) is 4.83. The number of thiophene rings is 1. The van der Waals surface area contributed by atoms with Gasteiger partial charge in [0.05, 0.1) is 4.34 Å². The Kier molecular flexibility index (Phi) is 4.06. The monoisotopic (exact) mass is 297 g/mol. The van der Waals surface area contributed by atoms with Gasteiger partial charge in [0.2, 0.25) is 0 Å². The van der Waals surface area contributed by atoms with Gasteiger partial charge >= 0.3 is 6.09 Å². The van der Waals surface area contributed by atoms with Crippen LogP contribution < -0.4 is 4.72 Å². The average Bonchev–Trinajstić information content (AvgIpc) is 2.46. The van der Waals surface area contributed by atoms with Crippen LogP contribution >= 0.6 is 22.9 Å². The lowest BCUT2D eigenvalue weighted by Gasteiger charge is -2.19. The lowest BCUT2D eigenvalue weighted by molar-refractivity contribution is 0.0570. The van der Waals surface area contributed by atoms with Gasteiger partial charge in [0.25, 0.3) is 10.0 Å². The minimum absolute atomic E-state index is 0.0339. The fourth-order valence-corrected chi connectivity index (χ4v) is 3.26. The molecule has 0 atom stereocenters. The lowest BCUT2D eigenvalue weighted by Crippen LogP contribution is -2.36. The summed E-state index contributed by atoms with van der Waals surface area (Å²) >= 11 is 6.48. The first-order valence-electron chi connectivity index (χ1n) is 4.61. The molecular weight excluding hydrogens is 286 g/mol. The molecule has 1 rings (SSSR count). The molecule has 0 fully saturated rings. The van der Waals surface area contributed by atoms with E-state index in [0.29, 0.717) is 4.34 Å². The molecule has 0 bridgehead atoms. The standard InChI is InChI=1S/C9H12ClNO4S2/c1-9(2,3)15-8(12)11-17(13,14)7-5-4-6(10)16-7/h4-5H,1-3H3,(H,11,12). The second-order valence-corrected chi connectivity index (χ2v) is 7.79. The van der Waals surface area contributed by atoms with Crippen molar-refractivity contribution in [3.63, 3.8) is 0 Å². The summed E-state index contributed by atoms with van der Waals surface area (Å²) in [5.74, 6) is 0. The minimum Gasteiger partial charge on any atom is -0.443 e. The highest BCUT2D eigenvalue weighted by Gasteiger charge is 2.23. The number of amides is 1. The number of sulfonamides is 1. The van der Waals surface area contributed by atoms with Gasteiger partial charge < -0.3 is 4.74 Å². The number of halogens is 1. The Hall–Kier alpha value is -0.790. The Labute approximate surface area is 109 Å². The first kappa shape index (κ1) is 14.3.